The Kier molecular flexibility index (Phi) is 6.06. The maximum atomic E-state index is 3.73. The largest absolute Gasteiger partial charge is 0.306 e. The molecular weight excluding hydrogens is 244 g/mol. The summed E-state index contributed by atoms with van der Waals surface area (Å²) in [6.45, 7) is 10.6. The van der Waals surface area contributed by atoms with E-state index in [4.69, 9.17) is 0 Å². The summed E-state index contributed by atoms with van der Waals surface area (Å²) in [6.07, 6.45) is 5.16. The highest BCUT2D eigenvalue weighted by atomic mass is 15.2. The lowest BCUT2D eigenvalue weighted by Gasteiger charge is -2.25. The van der Waals surface area contributed by atoms with Crippen molar-refractivity contribution in [2.24, 2.45) is 0 Å². The number of benzene rings is 1. The molecule has 0 spiro atoms. The summed E-state index contributed by atoms with van der Waals surface area (Å²) in [6, 6.07) is 10.1. The molecule has 0 aromatic heterocycles. The van der Waals surface area contributed by atoms with Gasteiger partial charge in [0.15, 0.2) is 0 Å². The lowest BCUT2D eigenvalue weighted by Crippen LogP contribution is -2.39. The van der Waals surface area contributed by atoms with Crippen LogP contribution in [-0.2, 0) is 6.42 Å². The molecule has 20 heavy (non-hydrogen) atoms. The Morgan fingerprint density at radius 2 is 1.75 bits per heavy atom. The number of likely N-dealkylation sites (tertiary alicyclic amines) is 1. The van der Waals surface area contributed by atoms with Gasteiger partial charge in [0.2, 0.25) is 0 Å². The van der Waals surface area contributed by atoms with E-state index in [1.165, 1.54) is 56.4 Å². The highest BCUT2D eigenvalue weighted by Gasteiger charge is 2.16. The second kappa shape index (κ2) is 7.80. The Balaban J connectivity index is 1.81. The van der Waals surface area contributed by atoms with Crippen LogP contribution in [-0.4, -0.2) is 30.6 Å². The van der Waals surface area contributed by atoms with Gasteiger partial charge in [-0.1, -0.05) is 37.6 Å². The van der Waals surface area contributed by atoms with Gasteiger partial charge in [-0.2, -0.15) is 0 Å². The van der Waals surface area contributed by atoms with Gasteiger partial charge in [0.05, 0.1) is 0 Å². The summed E-state index contributed by atoms with van der Waals surface area (Å²) in [7, 11) is 0. The number of aryl methyl sites for hydroxylation is 1. The normalized spacial score (nSPS) is 19.1. The van der Waals surface area contributed by atoms with Gasteiger partial charge in [-0.25, -0.2) is 0 Å². The van der Waals surface area contributed by atoms with Gasteiger partial charge < -0.3 is 10.2 Å². The van der Waals surface area contributed by atoms with Gasteiger partial charge >= 0.3 is 0 Å². The molecule has 0 saturated carbocycles. The zero-order valence-electron chi connectivity index (χ0n) is 13.4. The first-order chi connectivity index (χ1) is 9.69. The molecule has 1 heterocycles. The molecule has 1 fully saturated rings. The number of nitrogens with one attached hydrogen (secondary N) is 1. The summed E-state index contributed by atoms with van der Waals surface area (Å²) in [5.74, 6) is 0. The zero-order valence-corrected chi connectivity index (χ0v) is 13.4. The number of hydrogen-bond acceptors (Lipinski definition) is 2. The Hall–Kier alpha value is -0.860. The van der Waals surface area contributed by atoms with Crippen LogP contribution in [0, 0.1) is 0 Å². The van der Waals surface area contributed by atoms with Crippen molar-refractivity contribution in [3.8, 4) is 0 Å². The van der Waals surface area contributed by atoms with E-state index in [0.717, 1.165) is 0 Å². The van der Waals surface area contributed by atoms with E-state index in [0.29, 0.717) is 12.1 Å². The van der Waals surface area contributed by atoms with Crippen LogP contribution in [0.5, 0.6) is 0 Å². The second-order valence-corrected chi connectivity index (χ2v) is 6.29. The maximum absolute atomic E-state index is 3.73. The zero-order chi connectivity index (χ0) is 14.4. The molecule has 1 N–H and O–H groups in total. The van der Waals surface area contributed by atoms with E-state index < -0.39 is 0 Å². The molecule has 2 nitrogen and oxygen atoms in total. The molecule has 0 bridgehead atoms. The average Bonchev–Trinajstić information content (AvgIpc) is 2.92. The number of hydrogen-bond donors (Lipinski definition) is 1. The molecule has 0 radical (unpaired) electrons. The third kappa shape index (κ3) is 4.60. The van der Waals surface area contributed by atoms with Crippen molar-refractivity contribution in [3.63, 3.8) is 0 Å². The smallest absolute Gasteiger partial charge is 0.0294 e. The molecule has 0 aliphatic carbocycles. The monoisotopic (exact) mass is 274 g/mol. The van der Waals surface area contributed by atoms with Crippen molar-refractivity contribution in [2.75, 3.05) is 19.6 Å². The molecule has 2 unspecified atom stereocenters. The predicted molar refractivity (Wildman–Crippen MR) is 87.1 cm³/mol. The molecule has 1 aromatic carbocycles. The van der Waals surface area contributed by atoms with E-state index in [2.05, 4.69) is 55.3 Å². The molecular formula is C18H30N2. The quantitative estimate of drug-likeness (QED) is 0.814. The van der Waals surface area contributed by atoms with Crippen molar-refractivity contribution < 1.29 is 0 Å². The third-order valence-corrected chi connectivity index (χ3v) is 4.28. The molecule has 2 rings (SSSR count). The summed E-state index contributed by atoms with van der Waals surface area (Å²) >= 11 is 0. The SMILES string of the molecule is CCCc1ccc(C(C)NC(C)CN2CCCC2)cc1. The fraction of sp³-hybridized carbons (Fsp3) is 0.667. The summed E-state index contributed by atoms with van der Waals surface area (Å²) in [4.78, 5) is 2.58. The van der Waals surface area contributed by atoms with Crippen LogP contribution in [0.15, 0.2) is 24.3 Å². The fourth-order valence-electron chi connectivity index (χ4n) is 3.19. The average molecular weight is 274 g/mol. The molecule has 1 aliphatic rings. The lowest BCUT2D eigenvalue weighted by atomic mass is 10.0. The third-order valence-electron chi connectivity index (χ3n) is 4.28. The van der Waals surface area contributed by atoms with Crippen molar-refractivity contribution in [1.82, 2.24) is 10.2 Å². The molecule has 1 aliphatic heterocycles. The second-order valence-electron chi connectivity index (χ2n) is 6.29. The molecule has 112 valence electrons. The van der Waals surface area contributed by atoms with Gasteiger partial charge in [0.1, 0.15) is 0 Å². The van der Waals surface area contributed by atoms with E-state index >= 15 is 0 Å². The van der Waals surface area contributed by atoms with Crippen LogP contribution in [0.1, 0.15) is 57.2 Å². The minimum Gasteiger partial charge on any atom is -0.306 e. The van der Waals surface area contributed by atoms with Crippen molar-refractivity contribution >= 4 is 0 Å². The van der Waals surface area contributed by atoms with E-state index in [1.54, 1.807) is 0 Å². The van der Waals surface area contributed by atoms with Crippen LogP contribution in [0.2, 0.25) is 0 Å². The van der Waals surface area contributed by atoms with Crippen molar-refractivity contribution in [2.45, 2.75) is 58.5 Å². The molecule has 1 aromatic rings. The summed E-state index contributed by atoms with van der Waals surface area (Å²) in [5, 5.41) is 3.73. The summed E-state index contributed by atoms with van der Waals surface area (Å²) in [5.41, 5.74) is 2.85. The Labute approximate surface area is 124 Å². The van der Waals surface area contributed by atoms with Crippen LogP contribution in [0.3, 0.4) is 0 Å². The highest BCUT2D eigenvalue weighted by molar-refractivity contribution is 5.24. The molecule has 0 amide bonds. The Bertz CT molecular complexity index is 379. The predicted octanol–water partition coefficient (Wildman–Crippen LogP) is 3.77. The fourth-order valence-corrected chi connectivity index (χ4v) is 3.19. The van der Waals surface area contributed by atoms with E-state index in [1.807, 2.05) is 0 Å². The van der Waals surface area contributed by atoms with Crippen LogP contribution >= 0.6 is 0 Å². The van der Waals surface area contributed by atoms with Gasteiger partial charge in [0, 0.05) is 18.6 Å². The van der Waals surface area contributed by atoms with Gasteiger partial charge in [-0.15, -0.1) is 0 Å². The minimum atomic E-state index is 0.434. The van der Waals surface area contributed by atoms with Gasteiger partial charge in [-0.3, -0.25) is 0 Å². The standard InChI is InChI=1S/C18H30N2/c1-4-7-17-8-10-18(11-9-17)16(3)19-15(2)14-20-12-5-6-13-20/h8-11,15-16,19H,4-7,12-14H2,1-3H3. The molecule has 2 atom stereocenters. The lowest BCUT2D eigenvalue weighted by molar-refractivity contribution is 0.289. The maximum Gasteiger partial charge on any atom is 0.0294 e. The first-order valence-corrected chi connectivity index (χ1v) is 8.26. The van der Waals surface area contributed by atoms with Gasteiger partial charge in [-0.05, 0) is 57.3 Å². The van der Waals surface area contributed by atoms with Crippen molar-refractivity contribution in [1.29, 1.82) is 0 Å². The minimum absolute atomic E-state index is 0.434. The number of nitrogens with zero attached hydrogens (tertiary/aromatic N) is 1. The Morgan fingerprint density at radius 3 is 2.35 bits per heavy atom. The first-order valence-electron chi connectivity index (χ1n) is 8.26. The highest BCUT2D eigenvalue weighted by Crippen LogP contribution is 2.16. The molecule has 1 saturated heterocycles. The van der Waals surface area contributed by atoms with E-state index in [9.17, 15) is 0 Å². The van der Waals surface area contributed by atoms with Crippen LogP contribution in [0.4, 0.5) is 0 Å². The topological polar surface area (TPSA) is 15.3 Å². The van der Waals surface area contributed by atoms with Crippen LogP contribution in [0.25, 0.3) is 0 Å². The van der Waals surface area contributed by atoms with Crippen molar-refractivity contribution in [3.05, 3.63) is 35.4 Å². The Morgan fingerprint density at radius 1 is 1.10 bits per heavy atom. The first kappa shape index (κ1) is 15.5. The van der Waals surface area contributed by atoms with E-state index in [-0.39, 0.29) is 0 Å². The summed E-state index contributed by atoms with van der Waals surface area (Å²) < 4.78 is 0. The molecule has 2 heteroatoms. The van der Waals surface area contributed by atoms with Gasteiger partial charge in [0.25, 0.3) is 0 Å². The number of rotatable bonds is 7. The van der Waals surface area contributed by atoms with Crippen LogP contribution < -0.4 is 5.32 Å².